The molecule has 1 amide bonds. The molecule has 0 radical (unpaired) electrons. The molecule has 0 fully saturated rings. The van der Waals surface area contributed by atoms with Crippen molar-refractivity contribution < 1.29 is 9.53 Å². The summed E-state index contributed by atoms with van der Waals surface area (Å²) in [4.78, 5) is 19.9. The fourth-order valence-corrected chi connectivity index (χ4v) is 2.17. The first-order valence-corrected chi connectivity index (χ1v) is 7.57. The van der Waals surface area contributed by atoms with Gasteiger partial charge in [0.15, 0.2) is 11.6 Å². The van der Waals surface area contributed by atoms with Gasteiger partial charge in [-0.2, -0.15) is 0 Å². The maximum atomic E-state index is 12.3. The first-order valence-electron chi connectivity index (χ1n) is 7.57. The standard InChI is InChI=1S/C18H17N5O2/c19-16-15(17(20)22-11-21-16)23-18(24)13-6-8-14(9-7-13)25-10-12-4-2-1-3-5-12/h1-9,11H,10H2,(H,23,24)(H4,19,20,21,22). The highest BCUT2D eigenvalue weighted by atomic mass is 16.5. The lowest BCUT2D eigenvalue weighted by Gasteiger charge is -2.10. The van der Waals surface area contributed by atoms with Crippen molar-refractivity contribution in [3.63, 3.8) is 0 Å². The quantitative estimate of drug-likeness (QED) is 0.659. The Morgan fingerprint density at radius 2 is 1.60 bits per heavy atom. The van der Waals surface area contributed by atoms with Gasteiger partial charge in [-0.25, -0.2) is 9.97 Å². The molecule has 2 aromatic carbocycles. The van der Waals surface area contributed by atoms with Gasteiger partial charge in [-0.05, 0) is 29.8 Å². The molecule has 7 heteroatoms. The van der Waals surface area contributed by atoms with Crippen molar-refractivity contribution in [2.45, 2.75) is 6.61 Å². The summed E-state index contributed by atoms with van der Waals surface area (Å²) in [6.07, 6.45) is 1.24. The lowest BCUT2D eigenvalue weighted by Crippen LogP contribution is -2.15. The Bertz CT molecular complexity index is 846. The molecule has 0 saturated heterocycles. The second-order valence-corrected chi connectivity index (χ2v) is 5.27. The summed E-state index contributed by atoms with van der Waals surface area (Å²) in [5.41, 5.74) is 13.1. The van der Waals surface area contributed by atoms with Gasteiger partial charge in [0.25, 0.3) is 5.91 Å². The minimum absolute atomic E-state index is 0.115. The zero-order valence-corrected chi connectivity index (χ0v) is 13.3. The van der Waals surface area contributed by atoms with Crippen LogP contribution in [-0.4, -0.2) is 15.9 Å². The van der Waals surface area contributed by atoms with Crippen molar-refractivity contribution in [2.75, 3.05) is 16.8 Å². The third-order valence-electron chi connectivity index (χ3n) is 3.51. The number of benzene rings is 2. The summed E-state index contributed by atoms with van der Waals surface area (Å²) >= 11 is 0. The molecule has 0 aliphatic heterocycles. The molecular formula is C18H17N5O2. The number of hydrogen-bond acceptors (Lipinski definition) is 6. The topological polar surface area (TPSA) is 116 Å². The van der Waals surface area contributed by atoms with E-state index in [1.165, 1.54) is 6.33 Å². The van der Waals surface area contributed by atoms with Gasteiger partial charge in [0.2, 0.25) is 0 Å². The smallest absolute Gasteiger partial charge is 0.255 e. The van der Waals surface area contributed by atoms with E-state index in [1.54, 1.807) is 24.3 Å². The molecule has 3 aromatic rings. The molecule has 0 spiro atoms. The van der Waals surface area contributed by atoms with Crippen LogP contribution >= 0.6 is 0 Å². The third kappa shape index (κ3) is 4.03. The molecule has 0 aliphatic rings. The van der Waals surface area contributed by atoms with E-state index in [1.807, 2.05) is 30.3 Å². The van der Waals surface area contributed by atoms with Crippen molar-refractivity contribution in [2.24, 2.45) is 0 Å². The number of nitrogens with one attached hydrogen (secondary N) is 1. The Morgan fingerprint density at radius 3 is 2.24 bits per heavy atom. The number of rotatable bonds is 5. The van der Waals surface area contributed by atoms with Crippen molar-refractivity contribution in [1.29, 1.82) is 0 Å². The molecule has 0 aliphatic carbocycles. The van der Waals surface area contributed by atoms with Crippen LogP contribution in [0.25, 0.3) is 0 Å². The molecule has 0 unspecified atom stereocenters. The number of nitrogens with two attached hydrogens (primary N) is 2. The molecule has 5 N–H and O–H groups in total. The van der Waals surface area contributed by atoms with E-state index in [9.17, 15) is 4.79 Å². The van der Waals surface area contributed by atoms with Crippen LogP contribution in [0.4, 0.5) is 17.3 Å². The number of hydrogen-bond donors (Lipinski definition) is 3. The van der Waals surface area contributed by atoms with E-state index >= 15 is 0 Å². The maximum absolute atomic E-state index is 12.3. The van der Waals surface area contributed by atoms with Crippen molar-refractivity contribution in [3.05, 3.63) is 72.1 Å². The van der Waals surface area contributed by atoms with Crippen LogP contribution in [0, 0.1) is 0 Å². The molecule has 0 saturated carbocycles. The van der Waals surface area contributed by atoms with Gasteiger partial charge >= 0.3 is 0 Å². The van der Waals surface area contributed by atoms with Gasteiger partial charge < -0.3 is 21.5 Å². The fraction of sp³-hybridized carbons (Fsp3) is 0.0556. The SMILES string of the molecule is Nc1ncnc(N)c1NC(=O)c1ccc(OCc2ccccc2)cc1. The van der Waals surface area contributed by atoms with Gasteiger partial charge in [0, 0.05) is 5.56 Å². The number of carbonyl (C=O) groups is 1. The van der Waals surface area contributed by atoms with Crippen molar-refractivity contribution in [1.82, 2.24) is 9.97 Å². The zero-order chi connectivity index (χ0) is 17.6. The predicted octanol–water partition coefficient (Wildman–Crippen LogP) is 2.47. The summed E-state index contributed by atoms with van der Waals surface area (Å²) in [7, 11) is 0. The first kappa shape index (κ1) is 16.3. The normalized spacial score (nSPS) is 10.2. The fourth-order valence-electron chi connectivity index (χ4n) is 2.17. The number of nitrogens with zero attached hydrogens (tertiary/aromatic N) is 2. The Labute approximate surface area is 144 Å². The maximum Gasteiger partial charge on any atom is 0.255 e. The van der Waals surface area contributed by atoms with Crippen molar-refractivity contribution in [3.8, 4) is 5.75 Å². The van der Waals surface area contributed by atoms with Crippen LogP contribution in [0.3, 0.4) is 0 Å². The minimum Gasteiger partial charge on any atom is -0.489 e. The zero-order valence-electron chi connectivity index (χ0n) is 13.3. The molecule has 0 bridgehead atoms. The van der Waals surface area contributed by atoms with Crippen LogP contribution in [0.1, 0.15) is 15.9 Å². The van der Waals surface area contributed by atoms with E-state index in [0.29, 0.717) is 17.9 Å². The van der Waals surface area contributed by atoms with E-state index in [4.69, 9.17) is 16.2 Å². The van der Waals surface area contributed by atoms with Crippen LogP contribution in [0.2, 0.25) is 0 Å². The number of carbonyl (C=O) groups excluding carboxylic acids is 1. The monoisotopic (exact) mass is 335 g/mol. The number of ether oxygens (including phenoxy) is 1. The highest BCUT2D eigenvalue weighted by molar-refractivity contribution is 6.07. The van der Waals surface area contributed by atoms with Crippen LogP contribution in [-0.2, 0) is 6.61 Å². The Morgan fingerprint density at radius 1 is 0.960 bits per heavy atom. The molecule has 1 heterocycles. The Hall–Kier alpha value is -3.61. The molecule has 126 valence electrons. The van der Waals surface area contributed by atoms with E-state index in [0.717, 1.165) is 5.56 Å². The second-order valence-electron chi connectivity index (χ2n) is 5.27. The number of aromatic nitrogens is 2. The predicted molar refractivity (Wildman–Crippen MR) is 96.0 cm³/mol. The summed E-state index contributed by atoms with van der Waals surface area (Å²) in [6.45, 7) is 0.459. The number of anilines is 3. The van der Waals surface area contributed by atoms with Gasteiger partial charge in [-0.1, -0.05) is 30.3 Å². The van der Waals surface area contributed by atoms with Crippen LogP contribution in [0.15, 0.2) is 60.9 Å². The van der Waals surface area contributed by atoms with Gasteiger partial charge in [-0.3, -0.25) is 4.79 Å². The molecule has 3 rings (SSSR count). The van der Waals surface area contributed by atoms with E-state index in [2.05, 4.69) is 15.3 Å². The minimum atomic E-state index is -0.359. The largest absolute Gasteiger partial charge is 0.489 e. The van der Waals surface area contributed by atoms with Gasteiger partial charge in [0.1, 0.15) is 24.4 Å². The molecule has 7 nitrogen and oxygen atoms in total. The third-order valence-corrected chi connectivity index (χ3v) is 3.51. The van der Waals surface area contributed by atoms with Gasteiger partial charge in [0.05, 0.1) is 0 Å². The van der Waals surface area contributed by atoms with E-state index < -0.39 is 0 Å². The number of nitrogen functional groups attached to an aromatic ring is 2. The molecular weight excluding hydrogens is 318 g/mol. The molecule has 25 heavy (non-hydrogen) atoms. The summed E-state index contributed by atoms with van der Waals surface area (Å²) in [5, 5.41) is 2.62. The van der Waals surface area contributed by atoms with Gasteiger partial charge in [-0.15, -0.1) is 0 Å². The summed E-state index contributed by atoms with van der Waals surface area (Å²) in [6, 6.07) is 16.6. The highest BCUT2D eigenvalue weighted by Gasteiger charge is 2.12. The average Bonchev–Trinajstić information content (AvgIpc) is 2.64. The molecule has 0 atom stereocenters. The van der Waals surface area contributed by atoms with Crippen LogP contribution < -0.4 is 21.5 Å². The average molecular weight is 335 g/mol. The van der Waals surface area contributed by atoms with Crippen LogP contribution in [0.5, 0.6) is 5.75 Å². The molecule has 1 aromatic heterocycles. The first-order chi connectivity index (χ1) is 12.1. The lowest BCUT2D eigenvalue weighted by atomic mass is 10.2. The summed E-state index contributed by atoms with van der Waals surface area (Å²) in [5.74, 6) is 0.539. The summed E-state index contributed by atoms with van der Waals surface area (Å²) < 4.78 is 5.69. The lowest BCUT2D eigenvalue weighted by molar-refractivity contribution is 0.102. The second kappa shape index (κ2) is 7.31. The highest BCUT2D eigenvalue weighted by Crippen LogP contribution is 2.22. The number of amides is 1. The Balaban J connectivity index is 1.64. The van der Waals surface area contributed by atoms with Crippen molar-refractivity contribution >= 4 is 23.2 Å². The van der Waals surface area contributed by atoms with E-state index in [-0.39, 0.29) is 23.2 Å². The Kier molecular flexibility index (Phi) is 4.75.